The first-order valence-corrected chi connectivity index (χ1v) is 6.57. The fraction of sp³-hybridized carbons (Fsp3) is 0.200. The number of oxime groups is 1. The molecule has 1 aromatic heterocycles. The van der Waals surface area contributed by atoms with Crippen molar-refractivity contribution in [3.05, 3.63) is 53.4 Å². The van der Waals surface area contributed by atoms with Gasteiger partial charge in [0, 0.05) is 6.07 Å². The molecule has 7 nitrogen and oxygen atoms in total. The maximum Gasteiger partial charge on any atom is 0.365 e. The first kappa shape index (κ1) is 15.4. The largest absolute Gasteiger partial charge is 0.461 e. The van der Waals surface area contributed by atoms with Crippen LogP contribution in [0.15, 0.2) is 46.1 Å². The van der Waals surface area contributed by atoms with Crippen molar-refractivity contribution in [3.63, 3.8) is 0 Å². The van der Waals surface area contributed by atoms with Gasteiger partial charge in [-0.05, 0) is 26.0 Å². The molecule has 1 aromatic carbocycles. The van der Waals surface area contributed by atoms with Crippen molar-refractivity contribution in [2.24, 2.45) is 5.16 Å². The number of hydrogen-bond donors (Lipinski definition) is 0. The van der Waals surface area contributed by atoms with Crippen molar-refractivity contribution < 1.29 is 23.7 Å². The van der Waals surface area contributed by atoms with Crippen LogP contribution < -0.4 is 0 Å². The van der Waals surface area contributed by atoms with Gasteiger partial charge >= 0.3 is 11.9 Å². The fourth-order valence-corrected chi connectivity index (χ4v) is 1.53. The molecule has 0 unspecified atom stereocenters. The molecular formula is C15H14N2O5. The molecule has 0 aliphatic heterocycles. The van der Waals surface area contributed by atoms with E-state index in [1.807, 2.05) is 0 Å². The minimum atomic E-state index is -0.593. The smallest absolute Gasteiger partial charge is 0.365 e. The van der Waals surface area contributed by atoms with Crippen LogP contribution >= 0.6 is 0 Å². The molecule has 0 spiro atoms. The van der Waals surface area contributed by atoms with E-state index in [0.717, 1.165) is 0 Å². The lowest BCUT2D eigenvalue weighted by molar-refractivity contribution is 0.0507. The number of nitrogens with zero attached hydrogens (tertiary/aromatic N) is 2. The van der Waals surface area contributed by atoms with Gasteiger partial charge in [0.05, 0.1) is 12.2 Å². The molecule has 0 saturated carbocycles. The van der Waals surface area contributed by atoms with Crippen LogP contribution in [0.5, 0.6) is 0 Å². The summed E-state index contributed by atoms with van der Waals surface area (Å²) in [6, 6.07) is 9.81. The molecule has 2 rings (SSSR count). The van der Waals surface area contributed by atoms with Crippen LogP contribution in [-0.4, -0.2) is 29.4 Å². The predicted molar refractivity (Wildman–Crippen MR) is 76.5 cm³/mol. The van der Waals surface area contributed by atoms with Crippen LogP contribution in [0.3, 0.4) is 0 Å². The Labute approximate surface area is 126 Å². The van der Waals surface area contributed by atoms with Gasteiger partial charge in [-0.25, -0.2) is 9.59 Å². The highest BCUT2D eigenvalue weighted by molar-refractivity contribution is 5.98. The normalized spacial score (nSPS) is 11.1. The summed E-state index contributed by atoms with van der Waals surface area (Å²) in [6.07, 6.45) is 0. The molecule has 2 aromatic rings. The Morgan fingerprint density at radius 3 is 2.64 bits per heavy atom. The highest BCUT2D eigenvalue weighted by Gasteiger charge is 2.15. The van der Waals surface area contributed by atoms with Crippen LogP contribution in [0.1, 0.15) is 40.5 Å². The summed E-state index contributed by atoms with van der Waals surface area (Å²) in [6.45, 7) is 3.49. The van der Waals surface area contributed by atoms with Crippen molar-refractivity contribution in [1.82, 2.24) is 5.16 Å². The SMILES string of the molecule is CCOC(=O)c1cc(C(C)=NOC(=O)c2ccccc2)on1. The Morgan fingerprint density at radius 1 is 1.23 bits per heavy atom. The molecule has 114 valence electrons. The Morgan fingerprint density at radius 2 is 1.95 bits per heavy atom. The van der Waals surface area contributed by atoms with Crippen LogP contribution in [0, 0.1) is 0 Å². The third-order valence-corrected chi connectivity index (χ3v) is 2.63. The Hall–Kier alpha value is -2.96. The third kappa shape index (κ3) is 3.78. The molecule has 0 fully saturated rings. The minimum absolute atomic E-state index is 0.0285. The lowest BCUT2D eigenvalue weighted by Gasteiger charge is -1.98. The van der Waals surface area contributed by atoms with Gasteiger partial charge in [0.25, 0.3) is 0 Å². The molecule has 0 radical (unpaired) electrons. The van der Waals surface area contributed by atoms with Crippen molar-refractivity contribution in [3.8, 4) is 0 Å². The molecule has 1 heterocycles. The van der Waals surface area contributed by atoms with E-state index in [-0.39, 0.29) is 23.8 Å². The van der Waals surface area contributed by atoms with Gasteiger partial charge in [-0.1, -0.05) is 28.5 Å². The van der Waals surface area contributed by atoms with Crippen LogP contribution in [0.25, 0.3) is 0 Å². The van der Waals surface area contributed by atoms with Gasteiger partial charge in [-0.15, -0.1) is 0 Å². The van der Waals surface area contributed by atoms with E-state index in [2.05, 4.69) is 10.3 Å². The highest BCUT2D eigenvalue weighted by Crippen LogP contribution is 2.08. The standard InChI is InChI=1S/C15H14N2O5/c1-3-20-15(19)12-9-13(21-17-12)10(2)16-22-14(18)11-7-5-4-6-8-11/h4-9H,3H2,1-2H3. The fourth-order valence-electron chi connectivity index (χ4n) is 1.53. The summed E-state index contributed by atoms with van der Waals surface area (Å²) in [5.74, 6) is -0.972. The quantitative estimate of drug-likeness (QED) is 0.364. The first-order chi connectivity index (χ1) is 10.6. The second kappa shape index (κ2) is 7.16. The topological polar surface area (TPSA) is 91.0 Å². The zero-order chi connectivity index (χ0) is 15.9. The summed E-state index contributed by atoms with van der Waals surface area (Å²) in [5.41, 5.74) is 0.678. The van der Waals surface area contributed by atoms with Crippen LogP contribution in [0.4, 0.5) is 0 Å². The van der Waals surface area contributed by atoms with E-state index in [4.69, 9.17) is 14.1 Å². The molecule has 0 N–H and O–H groups in total. The van der Waals surface area contributed by atoms with E-state index in [1.165, 1.54) is 6.07 Å². The predicted octanol–water partition coefficient (Wildman–Crippen LogP) is 2.43. The lowest BCUT2D eigenvalue weighted by Crippen LogP contribution is -2.05. The first-order valence-electron chi connectivity index (χ1n) is 6.57. The van der Waals surface area contributed by atoms with Crippen LogP contribution in [-0.2, 0) is 9.57 Å². The Balaban J connectivity index is 2.03. The average molecular weight is 302 g/mol. The number of hydrogen-bond acceptors (Lipinski definition) is 7. The van der Waals surface area contributed by atoms with Gasteiger partial charge in [-0.3, -0.25) is 0 Å². The molecule has 22 heavy (non-hydrogen) atoms. The van der Waals surface area contributed by atoms with Gasteiger partial charge < -0.3 is 14.1 Å². The number of carbonyl (C=O) groups excluding carboxylic acids is 2. The number of ether oxygens (including phenoxy) is 1. The van der Waals surface area contributed by atoms with Gasteiger partial charge in [0.15, 0.2) is 11.5 Å². The number of esters is 1. The van der Waals surface area contributed by atoms with E-state index in [9.17, 15) is 9.59 Å². The van der Waals surface area contributed by atoms with Gasteiger partial charge in [0.2, 0.25) is 0 Å². The zero-order valence-electron chi connectivity index (χ0n) is 12.1. The van der Waals surface area contributed by atoms with Gasteiger partial charge in [-0.2, -0.15) is 0 Å². The van der Waals surface area contributed by atoms with Crippen molar-refractivity contribution in [1.29, 1.82) is 0 Å². The molecule has 0 aliphatic carbocycles. The van der Waals surface area contributed by atoms with Gasteiger partial charge in [0.1, 0.15) is 5.71 Å². The van der Waals surface area contributed by atoms with Crippen molar-refractivity contribution in [2.45, 2.75) is 13.8 Å². The number of benzene rings is 1. The monoisotopic (exact) mass is 302 g/mol. The van der Waals surface area contributed by atoms with E-state index in [1.54, 1.807) is 44.2 Å². The lowest BCUT2D eigenvalue weighted by atomic mass is 10.2. The molecule has 0 saturated heterocycles. The Kier molecular flexibility index (Phi) is 5.02. The molecule has 7 heteroatoms. The molecule has 0 atom stereocenters. The van der Waals surface area contributed by atoms with Crippen LogP contribution in [0.2, 0.25) is 0 Å². The van der Waals surface area contributed by atoms with E-state index in [0.29, 0.717) is 5.56 Å². The van der Waals surface area contributed by atoms with E-state index < -0.39 is 11.9 Å². The minimum Gasteiger partial charge on any atom is -0.461 e. The summed E-state index contributed by atoms with van der Waals surface area (Å²) in [4.78, 5) is 28.0. The molecule has 0 bridgehead atoms. The summed E-state index contributed by atoms with van der Waals surface area (Å²) >= 11 is 0. The second-order valence-electron chi connectivity index (χ2n) is 4.22. The summed E-state index contributed by atoms with van der Waals surface area (Å²) in [7, 11) is 0. The van der Waals surface area contributed by atoms with E-state index >= 15 is 0 Å². The second-order valence-corrected chi connectivity index (χ2v) is 4.22. The summed E-state index contributed by atoms with van der Waals surface area (Å²) in [5, 5.41) is 7.24. The van der Waals surface area contributed by atoms with Crippen molar-refractivity contribution in [2.75, 3.05) is 6.61 Å². The Bertz CT molecular complexity index is 691. The third-order valence-electron chi connectivity index (χ3n) is 2.63. The summed E-state index contributed by atoms with van der Waals surface area (Å²) < 4.78 is 9.75. The number of carbonyl (C=O) groups is 2. The van der Waals surface area contributed by atoms with Crippen molar-refractivity contribution >= 4 is 17.7 Å². The maximum absolute atomic E-state index is 11.7. The molecule has 0 amide bonds. The molecular weight excluding hydrogens is 288 g/mol. The number of rotatable bonds is 5. The average Bonchev–Trinajstić information content (AvgIpc) is 3.03. The maximum atomic E-state index is 11.7. The number of aromatic nitrogens is 1. The zero-order valence-corrected chi connectivity index (χ0v) is 12.1. The highest BCUT2D eigenvalue weighted by atomic mass is 16.7. The molecule has 0 aliphatic rings.